The Morgan fingerprint density at radius 3 is 0.625 bits per heavy atom. The molecule has 0 radical (unpaired) electrons. The second-order valence-electron chi connectivity index (χ2n) is 11.2. The Morgan fingerprint density at radius 2 is 0.521 bits per heavy atom. The summed E-state index contributed by atoms with van der Waals surface area (Å²) in [5.74, 6) is -12.0. The smallest absolute Gasteiger partial charge is 0.320 e. The topological polar surface area (TPSA) is 323 Å². The van der Waals surface area contributed by atoms with Crippen LogP contribution in [0.3, 0.4) is 0 Å². The lowest BCUT2D eigenvalue weighted by Gasteiger charge is -2.40. The van der Waals surface area contributed by atoms with Gasteiger partial charge in [-0.05, 0) is 51.4 Å². The maximum atomic E-state index is 12.3. The number of carbonyl (C=O) groups excluding carboxylic acids is 4. The number of rotatable bonds is 20. The summed E-state index contributed by atoms with van der Waals surface area (Å²) in [5.41, 5.74) is 0. The predicted octanol–water partition coefficient (Wildman–Crippen LogP) is -6.86. The molecule has 20 heteroatoms. The Balaban J connectivity index is 3.70. The second kappa shape index (κ2) is 20.8. The fourth-order valence-electron chi connectivity index (χ4n) is 5.59. The van der Waals surface area contributed by atoms with E-state index in [-0.39, 0.29) is 52.4 Å². The van der Waals surface area contributed by atoms with E-state index in [1.807, 2.05) is 0 Å². The molecule has 0 bridgehead atoms. The summed E-state index contributed by atoms with van der Waals surface area (Å²) >= 11 is 0. The van der Waals surface area contributed by atoms with Crippen LogP contribution in [0.1, 0.15) is 51.4 Å². The molecule has 0 unspecified atom stereocenters. The summed E-state index contributed by atoms with van der Waals surface area (Å²) in [7, 11) is 0. The van der Waals surface area contributed by atoms with E-state index < -0.39 is 123 Å². The summed E-state index contributed by atoms with van der Waals surface area (Å²) in [6, 6.07) is -5.93. The number of aliphatic carboxylic acids is 8. The largest absolute Gasteiger partial charge is 0.550 e. The molecule has 1 fully saturated rings. The number of hydrogen-bond donors (Lipinski definition) is 4. The minimum absolute atomic E-state index is 0.267. The van der Waals surface area contributed by atoms with Crippen LogP contribution in [-0.4, -0.2) is 164 Å². The molecule has 0 amide bonds. The summed E-state index contributed by atoms with van der Waals surface area (Å²) in [5, 5.41) is 84.5. The maximum Gasteiger partial charge on any atom is 0.320 e. The van der Waals surface area contributed by atoms with Crippen molar-refractivity contribution in [1.29, 1.82) is 0 Å². The van der Waals surface area contributed by atoms with Gasteiger partial charge in [-0.25, -0.2) is 0 Å². The quantitative estimate of drug-likeness (QED) is 0.0923. The highest BCUT2D eigenvalue weighted by Crippen LogP contribution is 2.17. The molecule has 1 saturated heterocycles. The van der Waals surface area contributed by atoms with Gasteiger partial charge in [0.1, 0.15) is 24.2 Å². The highest BCUT2D eigenvalue weighted by atomic mass is 16.4. The van der Waals surface area contributed by atoms with E-state index in [1.54, 1.807) is 0 Å². The van der Waals surface area contributed by atoms with Crippen molar-refractivity contribution in [2.24, 2.45) is 0 Å². The SMILES string of the molecule is O=C([O-])CC[C@@H](C(=O)O)N1CCN([C@@H](CCC(=O)[O-])C(=O)O)CCN([C@@H](CCC(=O)[O-])C(=O)O)CCN([C@@H](CCC(=O)[O-])C(=O)O)CC1. The molecule has 0 spiro atoms. The van der Waals surface area contributed by atoms with E-state index in [0.717, 1.165) is 0 Å². The van der Waals surface area contributed by atoms with Gasteiger partial charge in [-0.2, -0.15) is 0 Å². The summed E-state index contributed by atoms with van der Waals surface area (Å²) < 4.78 is 0. The molecule has 4 N–H and O–H groups in total. The van der Waals surface area contributed by atoms with Crippen molar-refractivity contribution in [1.82, 2.24) is 19.6 Å². The highest BCUT2D eigenvalue weighted by Gasteiger charge is 2.34. The first-order chi connectivity index (χ1) is 22.4. The average Bonchev–Trinajstić information content (AvgIpc) is 2.95. The fraction of sp³-hybridized carbons (Fsp3) is 0.714. The Hall–Kier alpha value is -4.40. The summed E-state index contributed by atoms with van der Waals surface area (Å²) in [4.78, 5) is 98.8. The van der Waals surface area contributed by atoms with E-state index in [0.29, 0.717) is 0 Å². The van der Waals surface area contributed by atoms with Crippen molar-refractivity contribution in [3.8, 4) is 0 Å². The van der Waals surface area contributed by atoms with Crippen LogP contribution in [-0.2, 0) is 38.4 Å². The van der Waals surface area contributed by atoms with Gasteiger partial charge in [-0.15, -0.1) is 0 Å². The van der Waals surface area contributed by atoms with Crippen LogP contribution in [0.2, 0.25) is 0 Å². The van der Waals surface area contributed by atoms with Gasteiger partial charge in [0.2, 0.25) is 0 Å². The molecule has 272 valence electrons. The second-order valence-corrected chi connectivity index (χ2v) is 11.2. The lowest BCUT2D eigenvalue weighted by atomic mass is 10.1. The van der Waals surface area contributed by atoms with E-state index >= 15 is 0 Å². The van der Waals surface area contributed by atoms with Crippen LogP contribution in [0.4, 0.5) is 0 Å². The van der Waals surface area contributed by atoms with Crippen molar-refractivity contribution in [2.45, 2.75) is 75.5 Å². The van der Waals surface area contributed by atoms with E-state index in [2.05, 4.69) is 0 Å². The van der Waals surface area contributed by atoms with Gasteiger partial charge in [-0.3, -0.25) is 38.8 Å². The third-order valence-corrected chi connectivity index (χ3v) is 8.09. The third-order valence-electron chi connectivity index (χ3n) is 8.09. The number of hydrogen-bond acceptors (Lipinski definition) is 16. The van der Waals surface area contributed by atoms with Crippen molar-refractivity contribution in [3.05, 3.63) is 0 Å². The van der Waals surface area contributed by atoms with Crippen molar-refractivity contribution >= 4 is 47.8 Å². The first-order valence-corrected chi connectivity index (χ1v) is 15.1. The van der Waals surface area contributed by atoms with Crippen LogP contribution in [0.25, 0.3) is 0 Å². The van der Waals surface area contributed by atoms with Crippen LogP contribution < -0.4 is 20.4 Å². The molecule has 0 saturated carbocycles. The first kappa shape index (κ1) is 41.6. The molecule has 0 aliphatic carbocycles. The molecule has 0 aromatic carbocycles. The van der Waals surface area contributed by atoms with Gasteiger partial charge in [0.25, 0.3) is 0 Å². The molecule has 4 atom stereocenters. The van der Waals surface area contributed by atoms with Gasteiger partial charge in [0, 0.05) is 76.2 Å². The predicted molar refractivity (Wildman–Crippen MR) is 149 cm³/mol. The zero-order chi connectivity index (χ0) is 36.6. The van der Waals surface area contributed by atoms with E-state index in [1.165, 1.54) is 19.6 Å². The van der Waals surface area contributed by atoms with Crippen molar-refractivity contribution in [2.75, 3.05) is 52.4 Å². The van der Waals surface area contributed by atoms with Crippen molar-refractivity contribution < 1.29 is 79.2 Å². The van der Waals surface area contributed by atoms with E-state index in [4.69, 9.17) is 0 Å². The number of carboxylic acids is 8. The van der Waals surface area contributed by atoms with Crippen LogP contribution in [0.15, 0.2) is 0 Å². The van der Waals surface area contributed by atoms with Gasteiger partial charge < -0.3 is 60.0 Å². The maximum absolute atomic E-state index is 12.3. The standard InChI is InChI=1S/C28H44N4O16/c33-21(34)5-1-17(25(41)42)29-9-11-30(18(26(43)44)2-6-22(35)36)13-15-32(20(28(47)48)4-8-24(39)40)16-14-31(12-10-29)19(27(45)46)3-7-23(37)38/h17-20H,1-16H2,(H,33,34)(H,35,36)(H,37,38)(H,39,40)(H,41,42)(H,43,44)(H,45,46)(H,47,48)/p-4/t17-,18-,19-,20-/m0/s1. The Labute approximate surface area is 274 Å². The van der Waals surface area contributed by atoms with Crippen LogP contribution in [0.5, 0.6) is 0 Å². The highest BCUT2D eigenvalue weighted by molar-refractivity contribution is 5.76. The monoisotopic (exact) mass is 688 g/mol. The minimum atomic E-state index is -1.55. The Kier molecular flexibility index (Phi) is 18.0. The Morgan fingerprint density at radius 1 is 0.375 bits per heavy atom. The molecule has 20 nitrogen and oxygen atoms in total. The van der Waals surface area contributed by atoms with Gasteiger partial charge in [0.15, 0.2) is 0 Å². The Bertz CT molecular complexity index is 974. The lowest BCUT2D eigenvalue weighted by Crippen LogP contribution is -2.56. The molecular weight excluding hydrogens is 648 g/mol. The number of carbonyl (C=O) groups is 8. The number of nitrogens with zero attached hydrogens (tertiary/aromatic N) is 4. The third kappa shape index (κ3) is 15.0. The van der Waals surface area contributed by atoms with Gasteiger partial charge in [0.05, 0.1) is 0 Å². The molecule has 0 aromatic heterocycles. The van der Waals surface area contributed by atoms with Gasteiger partial charge >= 0.3 is 23.9 Å². The first-order valence-electron chi connectivity index (χ1n) is 15.1. The summed E-state index contributed by atoms with van der Waals surface area (Å²) in [6.45, 7) is -2.14. The molecule has 1 aliphatic heterocycles. The van der Waals surface area contributed by atoms with Crippen LogP contribution >= 0.6 is 0 Å². The van der Waals surface area contributed by atoms with Crippen molar-refractivity contribution in [3.63, 3.8) is 0 Å². The molecule has 0 aromatic rings. The number of carboxylic acid groups (broad SMARTS) is 8. The minimum Gasteiger partial charge on any atom is -0.550 e. The fourth-order valence-corrected chi connectivity index (χ4v) is 5.59. The molecule has 1 heterocycles. The molecule has 1 rings (SSSR count). The normalized spacial score (nSPS) is 18.7. The van der Waals surface area contributed by atoms with Gasteiger partial charge in [-0.1, -0.05) is 0 Å². The molecular formula is C28H40N4O16-4. The molecule has 1 aliphatic rings. The lowest BCUT2D eigenvalue weighted by molar-refractivity contribution is -0.307. The van der Waals surface area contributed by atoms with E-state index in [9.17, 15) is 79.2 Å². The zero-order valence-corrected chi connectivity index (χ0v) is 26.1. The molecule has 48 heavy (non-hydrogen) atoms. The summed E-state index contributed by atoms with van der Waals surface area (Å²) in [6.07, 6.45) is -4.52. The zero-order valence-electron chi connectivity index (χ0n) is 26.1. The van der Waals surface area contributed by atoms with Crippen LogP contribution in [0, 0.1) is 0 Å². The average molecular weight is 689 g/mol.